The number of ether oxygens (including phenoxy) is 2. The van der Waals surface area contributed by atoms with Crippen molar-refractivity contribution in [3.05, 3.63) is 118 Å². The van der Waals surface area contributed by atoms with Gasteiger partial charge in [0.1, 0.15) is 17.0 Å². The van der Waals surface area contributed by atoms with Gasteiger partial charge in [0.15, 0.2) is 17.4 Å². The molecule has 3 aromatic carbocycles. The number of nitrogens with zero attached hydrogens (tertiary/aromatic N) is 3. The Balaban J connectivity index is 1.82. The molecule has 0 radical (unpaired) electrons. The average Bonchev–Trinajstić information content (AvgIpc) is 3.57. The van der Waals surface area contributed by atoms with Gasteiger partial charge in [-0.15, -0.1) is 6.42 Å². The molecule has 0 aliphatic carbocycles. The molecule has 1 aliphatic rings. The highest BCUT2D eigenvalue weighted by atomic mass is 19.1. The number of methoxy groups -OCH3 is 1. The van der Waals surface area contributed by atoms with Crippen molar-refractivity contribution in [2.45, 2.75) is 29.8 Å². The molecule has 0 amide bonds. The Morgan fingerprint density at radius 2 is 1.69 bits per heavy atom. The minimum atomic E-state index is -2.37. The standard InChI is InChI=1S/C32H28FN5O4/c1-3-31(33)18-24(19-39)42-29(31)38-26-25(27(40)37-30(34)36-26)35-28(38)32(20-10-6-4-7-11-20,21-12-8-5-9-13-21)22-14-16-23(41-2)17-15-22/h1,4-17,24,29,39H,18-19H2,2H3,(H3,34,36,37,40)/t24-,29-,31-/m0/s1. The van der Waals surface area contributed by atoms with E-state index in [2.05, 4.69) is 15.9 Å². The Morgan fingerprint density at radius 3 is 2.24 bits per heavy atom. The molecule has 0 unspecified atom stereocenters. The monoisotopic (exact) mass is 565 g/mol. The Labute approximate surface area is 240 Å². The largest absolute Gasteiger partial charge is 0.497 e. The van der Waals surface area contributed by atoms with E-state index in [9.17, 15) is 9.90 Å². The molecule has 1 saturated heterocycles. The number of benzene rings is 3. The summed E-state index contributed by atoms with van der Waals surface area (Å²) in [6, 6.07) is 26.5. The molecule has 42 heavy (non-hydrogen) atoms. The van der Waals surface area contributed by atoms with Crippen molar-refractivity contribution < 1.29 is 19.0 Å². The molecular weight excluding hydrogens is 537 g/mol. The van der Waals surface area contributed by atoms with Crippen LogP contribution in [0.5, 0.6) is 5.75 Å². The number of hydrogen-bond acceptors (Lipinski definition) is 7. The molecule has 9 nitrogen and oxygen atoms in total. The first kappa shape index (κ1) is 27.2. The first-order valence-corrected chi connectivity index (χ1v) is 13.3. The predicted octanol–water partition coefficient (Wildman–Crippen LogP) is 3.71. The van der Waals surface area contributed by atoms with Crippen LogP contribution in [0.2, 0.25) is 0 Å². The van der Waals surface area contributed by atoms with Crippen LogP contribution < -0.4 is 16.0 Å². The van der Waals surface area contributed by atoms with Gasteiger partial charge in [-0.3, -0.25) is 14.3 Å². The van der Waals surface area contributed by atoms with Crippen LogP contribution in [0.4, 0.5) is 10.3 Å². The smallest absolute Gasteiger partial charge is 0.280 e. The van der Waals surface area contributed by atoms with E-state index in [-0.39, 0.29) is 29.4 Å². The number of aromatic amines is 1. The third kappa shape index (κ3) is 4.13. The number of nitrogens with one attached hydrogen (secondary N) is 1. The molecule has 0 bridgehead atoms. The Kier molecular flexibility index (Phi) is 6.77. The Bertz CT molecular complexity index is 1790. The molecule has 10 heteroatoms. The van der Waals surface area contributed by atoms with Gasteiger partial charge in [-0.1, -0.05) is 78.7 Å². The summed E-state index contributed by atoms with van der Waals surface area (Å²) in [4.78, 5) is 25.0. The van der Waals surface area contributed by atoms with Crippen LogP contribution >= 0.6 is 0 Å². The molecule has 0 saturated carbocycles. The molecule has 2 aromatic heterocycles. The van der Waals surface area contributed by atoms with Crippen molar-refractivity contribution in [1.29, 1.82) is 0 Å². The third-order valence-corrected chi connectivity index (χ3v) is 7.76. The van der Waals surface area contributed by atoms with Crippen LogP contribution in [0.1, 0.15) is 35.2 Å². The minimum Gasteiger partial charge on any atom is -0.497 e. The molecular formula is C32H28FN5O4. The molecule has 3 heterocycles. The summed E-state index contributed by atoms with van der Waals surface area (Å²) in [7, 11) is 1.58. The number of imidazole rings is 1. The maximum Gasteiger partial charge on any atom is 0.280 e. The first-order chi connectivity index (χ1) is 20.3. The maximum atomic E-state index is 16.6. The van der Waals surface area contributed by atoms with Crippen LogP contribution in [0.15, 0.2) is 89.7 Å². The normalized spacial score (nSPS) is 20.4. The van der Waals surface area contributed by atoms with E-state index < -0.39 is 35.6 Å². The van der Waals surface area contributed by atoms with Gasteiger partial charge in [-0.2, -0.15) is 4.98 Å². The van der Waals surface area contributed by atoms with Gasteiger partial charge in [0, 0.05) is 6.42 Å². The number of alkyl halides is 1. The fourth-order valence-electron chi connectivity index (χ4n) is 5.87. The van der Waals surface area contributed by atoms with Crippen molar-refractivity contribution in [2.75, 3.05) is 19.5 Å². The summed E-state index contributed by atoms with van der Waals surface area (Å²) in [5.74, 6) is 2.91. The van der Waals surface area contributed by atoms with Crippen molar-refractivity contribution in [1.82, 2.24) is 19.5 Å². The Hall–Kier alpha value is -4.98. The summed E-state index contributed by atoms with van der Waals surface area (Å²) < 4.78 is 29.6. The van der Waals surface area contributed by atoms with E-state index in [0.717, 1.165) is 16.7 Å². The fourth-order valence-corrected chi connectivity index (χ4v) is 5.87. The van der Waals surface area contributed by atoms with E-state index in [1.807, 2.05) is 84.9 Å². The number of nitrogens with two attached hydrogens (primary N) is 1. The van der Waals surface area contributed by atoms with Crippen molar-refractivity contribution in [3.63, 3.8) is 0 Å². The second-order valence-electron chi connectivity index (χ2n) is 10.1. The molecule has 0 spiro atoms. The predicted molar refractivity (Wildman–Crippen MR) is 156 cm³/mol. The first-order valence-electron chi connectivity index (χ1n) is 13.3. The van der Waals surface area contributed by atoms with Gasteiger partial charge >= 0.3 is 0 Å². The van der Waals surface area contributed by atoms with Crippen LogP contribution in [0, 0.1) is 12.3 Å². The topological polar surface area (TPSA) is 128 Å². The lowest BCUT2D eigenvalue weighted by atomic mass is 9.68. The number of aromatic nitrogens is 4. The lowest BCUT2D eigenvalue weighted by Gasteiger charge is -2.37. The van der Waals surface area contributed by atoms with Gasteiger partial charge in [-0.25, -0.2) is 9.37 Å². The number of nitrogen functional groups attached to an aromatic ring is 1. The zero-order chi connectivity index (χ0) is 29.5. The molecule has 4 N–H and O–H groups in total. The van der Waals surface area contributed by atoms with Crippen LogP contribution in [0.3, 0.4) is 0 Å². The SMILES string of the molecule is C#C[C@]1(F)C[C@@H](CO)O[C@@H]1n1c(C(c2ccccc2)(c2ccccc2)c2ccc(OC)cc2)nc2c(=O)[nH]c(N)nc21. The summed E-state index contributed by atoms with van der Waals surface area (Å²) >= 11 is 0. The number of H-pyrrole nitrogens is 1. The second-order valence-corrected chi connectivity index (χ2v) is 10.1. The summed E-state index contributed by atoms with van der Waals surface area (Å²) in [5.41, 5.74) is 3.98. The van der Waals surface area contributed by atoms with Gasteiger partial charge in [-0.05, 0) is 28.8 Å². The van der Waals surface area contributed by atoms with E-state index in [1.54, 1.807) is 7.11 Å². The van der Waals surface area contributed by atoms with E-state index >= 15 is 4.39 Å². The number of aliphatic hydroxyl groups excluding tert-OH is 1. The number of anilines is 1. The van der Waals surface area contributed by atoms with Crippen molar-refractivity contribution in [3.8, 4) is 18.1 Å². The molecule has 5 aromatic rings. The third-order valence-electron chi connectivity index (χ3n) is 7.76. The molecule has 3 atom stereocenters. The lowest BCUT2D eigenvalue weighted by molar-refractivity contribution is -0.0492. The van der Waals surface area contributed by atoms with E-state index in [4.69, 9.17) is 26.6 Å². The summed E-state index contributed by atoms with van der Waals surface area (Å²) in [6.45, 7) is -0.455. The highest BCUT2D eigenvalue weighted by Gasteiger charge is 2.53. The summed E-state index contributed by atoms with van der Waals surface area (Å²) in [6.07, 6.45) is 3.11. The van der Waals surface area contributed by atoms with Crippen LogP contribution in [-0.4, -0.2) is 50.1 Å². The van der Waals surface area contributed by atoms with Gasteiger partial charge in [0.05, 0.1) is 19.8 Å². The van der Waals surface area contributed by atoms with Gasteiger partial charge < -0.3 is 20.3 Å². The maximum absolute atomic E-state index is 16.6. The lowest BCUT2D eigenvalue weighted by Crippen LogP contribution is -2.38. The quantitative estimate of drug-likeness (QED) is 0.203. The number of aliphatic hydroxyl groups is 1. The number of terminal acetylenes is 1. The molecule has 6 rings (SSSR count). The molecule has 1 fully saturated rings. The number of halogens is 1. The zero-order valence-corrected chi connectivity index (χ0v) is 22.7. The van der Waals surface area contributed by atoms with Crippen molar-refractivity contribution >= 4 is 17.1 Å². The number of hydrogen-bond donors (Lipinski definition) is 3. The van der Waals surface area contributed by atoms with Gasteiger partial charge in [0.2, 0.25) is 11.6 Å². The number of rotatable bonds is 7. The molecule has 212 valence electrons. The van der Waals surface area contributed by atoms with Crippen molar-refractivity contribution in [2.24, 2.45) is 0 Å². The highest BCUT2D eigenvalue weighted by molar-refractivity contribution is 5.74. The Morgan fingerprint density at radius 1 is 1.10 bits per heavy atom. The van der Waals surface area contributed by atoms with E-state index in [1.165, 1.54) is 4.57 Å². The highest BCUT2D eigenvalue weighted by Crippen LogP contribution is 2.49. The van der Waals surface area contributed by atoms with Gasteiger partial charge in [0.25, 0.3) is 5.56 Å². The van der Waals surface area contributed by atoms with E-state index in [0.29, 0.717) is 5.75 Å². The minimum absolute atomic E-state index is 0.00290. The fraction of sp³-hybridized carbons (Fsp3) is 0.219. The summed E-state index contributed by atoms with van der Waals surface area (Å²) in [5, 5.41) is 9.94. The van der Waals surface area contributed by atoms with Crippen LogP contribution in [-0.2, 0) is 10.2 Å². The number of fused-ring (bicyclic) bond motifs is 1. The van der Waals surface area contributed by atoms with Crippen LogP contribution in [0.25, 0.3) is 11.2 Å². The second kappa shape index (κ2) is 10.4. The zero-order valence-electron chi connectivity index (χ0n) is 22.7. The average molecular weight is 566 g/mol. The molecule has 1 aliphatic heterocycles.